The van der Waals surface area contributed by atoms with Crippen LogP contribution in [-0.4, -0.2) is 18.3 Å². The summed E-state index contributed by atoms with van der Waals surface area (Å²) >= 11 is 0. The number of aliphatic hydroxyl groups is 1. The van der Waals surface area contributed by atoms with Crippen LogP contribution in [0.3, 0.4) is 0 Å². The summed E-state index contributed by atoms with van der Waals surface area (Å²) in [5.41, 5.74) is 7.95. The molecule has 1 aromatic rings. The van der Waals surface area contributed by atoms with Crippen molar-refractivity contribution < 1.29 is 5.11 Å². The number of rotatable bonds is 4. The summed E-state index contributed by atoms with van der Waals surface area (Å²) in [6.07, 6.45) is 0.835. The Labute approximate surface area is 85.8 Å². The van der Waals surface area contributed by atoms with E-state index in [2.05, 4.69) is 25.1 Å². The second-order valence-electron chi connectivity index (χ2n) is 4.34. The zero-order valence-corrected chi connectivity index (χ0v) is 8.96. The van der Waals surface area contributed by atoms with Crippen LogP contribution in [0.1, 0.15) is 18.1 Å². The largest absolute Gasteiger partial charge is 0.396 e. The van der Waals surface area contributed by atoms with Crippen LogP contribution in [0.4, 0.5) is 0 Å². The van der Waals surface area contributed by atoms with Crippen molar-refractivity contribution in [2.45, 2.75) is 20.3 Å². The molecule has 3 N–H and O–H groups in total. The van der Waals surface area contributed by atoms with Gasteiger partial charge in [-0.1, -0.05) is 36.8 Å². The Morgan fingerprint density at radius 3 is 2.64 bits per heavy atom. The number of benzene rings is 1. The van der Waals surface area contributed by atoms with Crippen LogP contribution in [0, 0.1) is 12.3 Å². The lowest BCUT2D eigenvalue weighted by atomic mass is 9.84. The number of nitrogens with two attached hydrogens (primary N) is 1. The minimum Gasteiger partial charge on any atom is -0.396 e. The second kappa shape index (κ2) is 4.58. The van der Waals surface area contributed by atoms with E-state index in [1.807, 2.05) is 13.0 Å². The van der Waals surface area contributed by atoms with Crippen molar-refractivity contribution in [3.05, 3.63) is 35.4 Å². The Hall–Kier alpha value is -0.860. The molecule has 1 aromatic carbocycles. The van der Waals surface area contributed by atoms with Crippen LogP contribution in [0.15, 0.2) is 24.3 Å². The van der Waals surface area contributed by atoms with Gasteiger partial charge in [-0.25, -0.2) is 0 Å². The third-order valence-corrected chi connectivity index (χ3v) is 2.59. The first-order valence-corrected chi connectivity index (χ1v) is 4.96. The van der Waals surface area contributed by atoms with Gasteiger partial charge in [0.2, 0.25) is 0 Å². The van der Waals surface area contributed by atoms with Crippen molar-refractivity contribution in [1.29, 1.82) is 0 Å². The van der Waals surface area contributed by atoms with Gasteiger partial charge in [-0.2, -0.15) is 0 Å². The van der Waals surface area contributed by atoms with Gasteiger partial charge in [0.25, 0.3) is 0 Å². The van der Waals surface area contributed by atoms with Crippen LogP contribution in [0.25, 0.3) is 0 Å². The van der Waals surface area contributed by atoms with Crippen molar-refractivity contribution in [3.63, 3.8) is 0 Å². The van der Waals surface area contributed by atoms with Crippen LogP contribution >= 0.6 is 0 Å². The summed E-state index contributed by atoms with van der Waals surface area (Å²) in [4.78, 5) is 0. The van der Waals surface area contributed by atoms with Crippen LogP contribution in [-0.2, 0) is 6.42 Å². The predicted molar refractivity (Wildman–Crippen MR) is 59.1 cm³/mol. The summed E-state index contributed by atoms with van der Waals surface area (Å²) in [6, 6.07) is 8.33. The first-order valence-electron chi connectivity index (χ1n) is 4.96. The Balaban J connectivity index is 2.77. The van der Waals surface area contributed by atoms with Crippen molar-refractivity contribution in [2.24, 2.45) is 11.1 Å². The van der Waals surface area contributed by atoms with Gasteiger partial charge in [0.05, 0.1) is 0 Å². The molecule has 0 aliphatic heterocycles. The zero-order valence-electron chi connectivity index (χ0n) is 8.96. The van der Waals surface area contributed by atoms with Gasteiger partial charge in [0.15, 0.2) is 0 Å². The fourth-order valence-corrected chi connectivity index (χ4v) is 1.51. The topological polar surface area (TPSA) is 46.2 Å². The first-order chi connectivity index (χ1) is 6.59. The highest BCUT2D eigenvalue weighted by atomic mass is 16.3. The van der Waals surface area contributed by atoms with Gasteiger partial charge in [0, 0.05) is 18.6 Å². The smallest absolute Gasteiger partial charge is 0.0500 e. The van der Waals surface area contributed by atoms with Gasteiger partial charge in [-0.05, 0) is 18.9 Å². The van der Waals surface area contributed by atoms with Gasteiger partial charge in [-0.15, -0.1) is 0 Å². The number of aryl methyl sites for hydroxylation is 1. The normalized spacial score (nSPS) is 15.1. The molecule has 1 unspecified atom stereocenters. The minimum absolute atomic E-state index is 0.136. The third-order valence-electron chi connectivity index (χ3n) is 2.59. The molecule has 0 aliphatic carbocycles. The highest BCUT2D eigenvalue weighted by molar-refractivity contribution is 5.23. The minimum atomic E-state index is -0.187. The van der Waals surface area contributed by atoms with E-state index in [1.54, 1.807) is 0 Å². The molecule has 2 heteroatoms. The van der Waals surface area contributed by atoms with Gasteiger partial charge in [-0.3, -0.25) is 0 Å². The summed E-state index contributed by atoms with van der Waals surface area (Å²) in [7, 11) is 0. The molecular weight excluding hydrogens is 174 g/mol. The summed E-state index contributed by atoms with van der Waals surface area (Å²) in [5, 5.41) is 9.24. The van der Waals surface area contributed by atoms with E-state index in [0.29, 0.717) is 6.54 Å². The molecular formula is C12H19NO. The maximum Gasteiger partial charge on any atom is 0.0500 e. The zero-order chi connectivity index (χ0) is 10.6. The highest BCUT2D eigenvalue weighted by Crippen LogP contribution is 2.20. The fraction of sp³-hybridized carbons (Fsp3) is 0.500. The number of aliphatic hydroxyl groups excluding tert-OH is 1. The molecule has 2 nitrogen and oxygen atoms in total. The molecule has 78 valence electrons. The molecule has 0 aromatic heterocycles. The standard InChI is InChI=1S/C12H19NO/c1-10-4-3-5-11(6-10)7-12(2,8-13)9-14/h3-6,14H,7-9,13H2,1-2H3. The average Bonchev–Trinajstić information content (AvgIpc) is 2.18. The lowest BCUT2D eigenvalue weighted by molar-refractivity contribution is 0.149. The van der Waals surface area contributed by atoms with E-state index in [1.165, 1.54) is 11.1 Å². The quantitative estimate of drug-likeness (QED) is 0.761. The van der Waals surface area contributed by atoms with Crippen LogP contribution in [0.5, 0.6) is 0 Å². The lowest BCUT2D eigenvalue weighted by Crippen LogP contribution is -2.33. The van der Waals surface area contributed by atoms with E-state index < -0.39 is 0 Å². The molecule has 1 rings (SSSR count). The van der Waals surface area contributed by atoms with Gasteiger partial charge < -0.3 is 10.8 Å². The predicted octanol–water partition coefficient (Wildman–Crippen LogP) is 1.49. The monoisotopic (exact) mass is 193 g/mol. The van der Waals surface area contributed by atoms with E-state index in [0.717, 1.165) is 6.42 Å². The van der Waals surface area contributed by atoms with E-state index in [-0.39, 0.29) is 12.0 Å². The maximum atomic E-state index is 9.24. The molecule has 1 atom stereocenters. The summed E-state index contributed by atoms with van der Waals surface area (Å²) in [5.74, 6) is 0. The van der Waals surface area contributed by atoms with Gasteiger partial charge >= 0.3 is 0 Å². The number of hydrogen-bond acceptors (Lipinski definition) is 2. The van der Waals surface area contributed by atoms with E-state index >= 15 is 0 Å². The molecule has 0 saturated heterocycles. The molecule has 0 aliphatic rings. The third kappa shape index (κ3) is 2.82. The lowest BCUT2D eigenvalue weighted by Gasteiger charge is -2.25. The SMILES string of the molecule is Cc1cccc(CC(C)(CN)CO)c1. The molecule has 0 bridgehead atoms. The Morgan fingerprint density at radius 1 is 1.43 bits per heavy atom. The molecule has 14 heavy (non-hydrogen) atoms. The van der Waals surface area contributed by atoms with E-state index in [9.17, 15) is 5.11 Å². The molecule has 0 radical (unpaired) electrons. The Bertz CT molecular complexity index is 292. The summed E-state index contributed by atoms with van der Waals surface area (Å²) in [6.45, 7) is 4.73. The van der Waals surface area contributed by atoms with Crippen LogP contribution in [0.2, 0.25) is 0 Å². The number of hydrogen-bond donors (Lipinski definition) is 2. The molecule has 0 amide bonds. The van der Waals surface area contributed by atoms with Crippen molar-refractivity contribution in [3.8, 4) is 0 Å². The van der Waals surface area contributed by atoms with Crippen molar-refractivity contribution in [2.75, 3.05) is 13.2 Å². The maximum absolute atomic E-state index is 9.24. The first kappa shape index (κ1) is 11.2. The molecule has 0 spiro atoms. The van der Waals surface area contributed by atoms with Crippen LogP contribution < -0.4 is 5.73 Å². The van der Waals surface area contributed by atoms with Crippen molar-refractivity contribution in [1.82, 2.24) is 0 Å². The molecule has 0 heterocycles. The average molecular weight is 193 g/mol. The highest BCUT2D eigenvalue weighted by Gasteiger charge is 2.21. The Morgan fingerprint density at radius 2 is 2.14 bits per heavy atom. The fourth-order valence-electron chi connectivity index (χ4n) is 1.51. The molecule has 0 saturated carbocycles. The van der Waals surface area contributed by atoms with Gasteiger partial charge in [0.1, 0.15) is 0 Å². The Kier molecular flexibility index (Phi) is 3.67. The summed E-state index contributed by atoms with van der Waals surface area (Å²) < 4.78 is 0. The van der Waals surface area contributed by atoms with Crippen molar-refractivity contribution >= 4 is 0 Å². The second-order valence-corrected chi connectivity index (χ2v) is 4.34. The molecule has 0 fully saturated rings. The van der Waals surface area contributed by atoms with E-state index in [4.69, 9.17) is 5.73 Å².